The summed E-state index contributed by atoms with van der Waals surface area (Å²) >= 11 is 4.81. The van der Waals surface area contributed by atoms with Gasteiger partial charge >= 0.3 is 0 Å². The third-order valence-electron chi connectivity index (χ3n) is 2.59. The van der Waals surface area contributed by atoms with Crippen LogP contribution in [0.3, 0.4) is 0 Å². The third-order valence-corrected chi connectivity index (χ3v) is 2.80. The molecule has 0 amide bonds. The summed E-state index contributed by atoms with van der Waals surface area (Å²) in [5.74, 6) is 0.421. The van der Waals surface area contributed by atoms with E-state index in [1.165, 1.54) is 18.3 Å². The predicted octanol–water partition coefficient (Wildman–Crippen LogP) is 1.89. The Kier molecular flexibility index (Phi) is 4.01. The monoisotopic (exact) mass is 276 g/mol. The van der Waals surface area contributed by atoms with E-state index in [-0.39, 0.29) is 10.8 Å². The number of aromatic nitrogens is 2. The minimum Gasteiger partial charge on any atom is -0.388 e. The summed E-state index contributed by atoms with van der Waals surface area (Å²) in [5, 5.41) is 0. The van der Waals surface area contributed by atoms with Gasteiger partial charge in [-0.3, -0.25) is 0 Å². The van der Waals surface area contributed by atoms with Crippen LogP contribution in [0.2, 0.25) is 0 Å². The largest absolute Gasteiger partial charge is 0.388 e. The van der Waals surface area contributed by atoms with E-state index in [1.54, 1.807) is 12.3 Å². The second-order valence-electron chi connectivity index (χ2n) is 4.11. The van der Waals surface area contributed by atoms with Gasteiger partial charge < -0.3 is 10.6 Å². The van der Waals surface area contributed by atoms with Gasteiger partial charge in [0.25, 0.3) is 0 Å². The van der Waals surface area contributed by atoms with Crippen molar-refractivity contribution in [2.75, 3.05) is 11.9 Å². The highest BCUT2D eigenvalue weighted by Gasteiger charge is 2.06. The van der Waals surface area contributed by atoms with Crippen molar-refractivity contribution in [3.05, 3.63) is 53.7 Å². The van der Waals surface area contributed by atoms with Crippen LogP contribution >= 0.6 is 12.2 Å². The SMILES string of the molecule is CN(Cc1cccc(F)c1)c1cnc(C(N)=S)cn1. The molecule has 0 saturated heterocycles. The van der Waals surface area contributed by atoms with Gasteiger partial charge in [0.2, 0.25) is 0 Å². The highest BCUT2D eigenvalue weighted by atomic mass is 32.1. The number of anilines is 1. The number of nitrogens with two attached hydrogens (primary N) is 1. The fourth-order valence-electron chi connectivity index (χ4n) is 1.64. The molecule has 0 unspecified atom stereocenters. The zero-order valence-corrected chi connectivity index (χ0v) is 11.2. The Bertz CT molecular complexity index is 585. The van der Waals surface area contributed by atoms with Crippen LogP contribution in [0.4, 0.5) is 10.2 Å². The van der Waals surface area contributed by atoms with E-state index in [9.17, 15) is 4.39 Å². The number of nitrogens with zero attached hydrogens (tertiary/aromatic N) is 3. The fraction of sp³-hybridized carbons (Fsp3) is 0.154. The molecule has 6 heteroatoms. The van der Waals surface area contributed by atoms with Gasteiger partial charge in [-0.2, -0.15) is 0 Å². The van der Waals surface area contributed by atoms with Crippen LogP contribution in [0.1, 0.15) is 11.3 Å². The lowest BCUT2D eigenvalue weighted by atomic mass is 10.2. The molecule has 0 saturated carbocycles. The van der Waals surface area contributed by atoms with Crippen molar-refractivity contribution < 1.29 is 4.39 Å². The van der Waals surface area contributed by atoms with Crippen LogP contribution < -0.4 is 10.6 Å². The Morgan fingerprint density at radius 2 is 2.16 bits per heavy atom. The standard InChI is InChI=1S/C13H13FN4S/c1-18(8-9-3-2-4-10(14)5-9)12-7-16-11(6-17-12)13(15)19/h2-7H,8H2,1H3,(H2,15,19). The topological polar surface area (TPSA) is 55.0 Å². The highest BCUT2D eigenvalue weighted by Crippen LogP contribution is 2.12. The Labute approximate surface area is 116 Å². The fourth-order valence-corrected chi connectivity index (χ4v) is 1.74. The molecular weight excluding hydrogens is 263 g/mol. The molecule has 2 aromatic rings. The molecule has 1 aromatic carbocycles. The first kappa shape index (κ1) is 13.4. The van der Waals surface area contributed by atoms with Crippen molar-refractivity contribution in [2.24, 2.45) is 5.73 Å². The smallest absolute Gasteiger partial charge is 0.147 e. The average molecular weight is 276 g/mol. The highest BCUT2D eigenvalue weighted by molar-refractivity contribution is 7.80. The molecule has 2 N–H and O–H groups in total. The van der Waals surface area contributed by atoms with Crippen molar-refractivity contribution >= 4 is 23.0 Å². The number of hydrogen-bond donors (Lipinski definition) is 1. The summed E-state index contributed by atoms with van der Waals surface area (Å²) in [7, 11) is 1.86. The Morgan fingerprint density at radius 3 is 2.74 bits per heavy atom. The maximum Gasteiger partial charge on any atom is 0.147 e. The molecule has 0 radical (unpaired) electrons. The average Bonchev–Trinajstić information content (AvgIpc) is 2.39. The van der Waals surface area contributed by atoms with E-state index in [1.807, 2.05) is 18.0 Å². The number of rotatable bonds is 4. The van der Waals surface area contributed by atoms with Gasteiger partial charge in [0.1, 0.15) is 22.3 Å². The number of benzene rings is 1. The Balaban J connectivity index is 2.11. The molecule has 0 spiro atoms. The van der Waals surface area contributed by atoms with Crippen molar-refractivity contribution in [2.45, 2.75) is 6.54 Å². The van der Waals surface area contributed by atoms with E-state index in [2.05, 4.69) is 9.97 Å². The molecule has 0 aliphatic rings. The van der Waals surface area contributed by atoms with Crippen LogP contribution in [-0.2, 0) is 6.54 Å². The summed E-state index contributed by atoms with van der Waals surface area (Å²) in [4.78, 5) is 10.4. The van der Waals surface area contributed by atoms with Crippen LogP contribution in [0.25, 0.3) is 0 Å². The van der Waals surface area contributed by atoms with Gasteiger partial charge in [0.15, 0.2) is 0 Å². The minimum atomic E-state index is -0.249. The molecule has 1 heterocycles. The van der Waals surface area contributed by atoms with Gasteiger partial charge in [-0.25, -0.2) is 14.4 Å². The first-order chi connectivity index (χ1) is 9.06. The van der Waals surface area contributed by atoms with Crippen molar-refractivity contribution in [3.8, 4) is 0 Å². The van der Waals surface area contributed by atoms with Gasteiger partial charge in [-0.1, -0.05) is 24.4 Å². The summed E-state index contributed by atoms with van der Waals surface area (Å²) in [5.41, 5.74) is 6.80. The van der Waals surface area contributed by atoms with Gasteiger partial charge in [0.05, 0.1) is 12.4 Å². The third kappa shape index (κ3) is 3.45. The molecule has 0 aliphatic heterocycles. The molecule has 0 atom stereocenters. The van der Waals surface area contributed by atoms with Crippen LogP contribution in [-0.4, -0.2) is 22.0 Å². The lowest BCUT2D eigenvalue weighted by Crippen LogP contribution is -2.19. The van der Waals surface area contributed by atoms with Crippen LogP contribution in [0.5, 0.6) is 0 Å². The zero-order valence-electron chi connectivity index (χ0n) is 10.4. The summed E-state index contributed by atoms with van der Waals surface area (Å²) in [6.07, 6.45) is 3.12. The lowest BCUT2D eigenvalue weighted by molar-refractivity contribution is 0.625. The zero-order chi connectivity index (χ0) is 13.8. The quantitative estimate of drug-likeness (QED) is 0.864. The van der Waals surface area contributed by atoms with Crippen LogP contribution in [0, 0.1) is 5.82 Å². The lowest BCUT2D eigenvalue weighted by Gasteiger charge is -2.17. The van der Waals surface area contributed by atoms with Crippen molar-refractivity contribution in [1.29, 1.82) is 0 Å². The second kappa shape index (κ2) is 5.71. The number of hydrogen-bond acceptors (Lipinski definition) is 4. The van der Waals surface area contributed by atoms with E-state index in [0.717, 1.165) is 5.56 Å². The molecule has 4 nitrogen and oxygen atoms in total. The van der Waals surface area contributed by atoms with E-state index in [4.69, 9.17) is 18.0 Å². The molecule has 19 heavy (non-hydrogen) atoms. The van der Waals surface area contributed by atoms with Crippen LogP contribution in [0.15, 0.2) is 36.7 Å². The first-order valence-electron chi connectivity index (χ1n) is 5.63. The van der Waals surface area contributed by atoms with E-state index in [0.29, 0.717) is 18.1 Å². The van der Waals surface area contributed by atoms with Gasteiger partial charge in [0, 0.05) is 13.6 Å². The Hall–Kier alpha value is -2.08. The molecule has 98 valence electrons. The van der Waals surface area contributed by atoms with Gasteiger partial charge in [-0.15, -0.1) is 0 Å². The van der Waals surface area contributed by atoms with E-state index < -0.39 is 0 Å². The number of halogens is 1. The molecule has 0 bridgehead atoms. The maximum absolute atomic E-state index is 13.1. The van der Waals surface area contributed by atoms with Crippen molar-refractivity contribution in [3.63, 3.8) is 0 Å². The predicted molar refractivity (Wildman–Crippen MR) is 76.4 cm³/mol. The summed E-state index contributed by atoms with van der Waals surface area (Å²) in [6.45, 7) is 0.541. The number of thiocarbonyl (C=S) groups is 1. The van der Waals surface area contributed by atoms with Crippen molar-refractivity contribution in [1.82, 2.24) is 9.97 Å². The maximum atomic E-state index is 13.1. The molecule has 1 aromatic heterocycles. The molecular formula is C13H13FN4S. The Morgan fingerprint density at radius 1 is 1.37 bits per heavy atom. The molecule has 0 aliphatic carbocycles. The van der Waals surface area contributed by atoms with Gasteiger partial charge in [-0.05, 0) is 17.7 Å². The molecule has 2 rings (SSSR count). The minimum absolute atomic E-state index is 0.215. The summed E-state index contributed by atoms with van der Waals surface area (Å²) in [6, 6.07) is 6.45. The molecule has 0 fully saturated rings. The first-order valence-corrected chi connectivity index (χ1v) is 6.04. The second-order valence-corrected chi connectivity index (χ2v) is 4.55. The summed E-state index contributed by atoms with van der Waals surface area (Å²) < 4.78 is 13.1. The van der Waals surface area contributed by atoms with E-state index >= 15 is 0 Å². The normalized spacial score (nSPS) is 10.2.